The normalized spacial score (nSPS) is 10.0. The highest BCUT2D eigenvalue weighted by Crippen LogP contribution is 2.21. The largest absolute Gasteiger partial charge is 0.344 e. The molecule has 0 bridgehead atoms. The first-order valence-electron chi connectivity index (χ1n) is 6.01. The number of thioether (sulfide) groups is 1. The number of aryl methyl sites for hydroxylation is 1. The topological polar surface area (TPSA) is 59.8 Å². The Bertz CT molecular complexity index is 645. The smallest absolute Gasteiger partial charge is 0.231 e. The van der Waals surface area contributed by atoms with Crippen LogP contribution >= 0.6 is 11.8 Å². The van der Waals surface area contributed by atoms with Crippen LogP contribution in [-0.2, 0) is 4.79 Å². The van der Waals surface area contributed by atoms with Crippen molar-refractivity contribution in [1.82, 2.24) is 20.1 Å². The minimum Gasteiger partial charge on any atom is -0.344 e. The number of amides is 1. The number of nitrogens with one attached hydrogen (secondary N) is 1. The van der Waals surface area contributed by atoms with Crippen molar-refractivity contribution >= 4 is 17.7 Å². The molecule has 0 radical (unpaired) electrons. The molecule has 5 nitrogen and oxygen atoms in total. The Labute approximate surface area is 121 Å². The van der Waals surface area contributed by atoms with Crippen LogP contribution in [0.15, 0.2) is 35.7 Å². The number of aromatic nitrogens is 3. The highest BCUT2D eigenvalue weighted by Gasteiger charge is 2.10. The van der Waals surface area contributed by atoms with Gasteiger partial charge in [-0.25, -0.2) is 0 Å². The number of carbonyl (C=O) groups excluding carboxylic acids is 1. The van der Waals surface area contributed by atoms with Crippen LogP contribution in [0.2, 0.25) is 0 Å². The molecule has 1 amide bonds. The minimum atomic E-state index is -0.118. The second-order valence-corrected chi connectivity index (χ2v) is 4.98. The number of rotatable bonds is 5. The van der Waals surface area contributed by atoms with Crippen LogP contribution in [0.3, 0.4) is 0 Å². The molecular weight excluding hydrogens is 272 g/mol. The molecular formula is C14H14N4OS. The van der Waals surface area contributed by atoms with Gasteiger partial charge in [-0.05, 0) is 18.6 Å². The molecule has 2 aromatic rings. The number of carbonyl (C=O) groups is 1. The van der Waals surface area contributed by atoms with E-state index < -0.39 is 0 Å². The van der Waals surface area contributed by atoms with Gasteiger partial charge in [0.25, 0.3) is 0 Å². The summed E-state index contributed by atoms with van der Waals surface area (Å²) in [6, 6.07) is 7.93. The van der Waals surface area contributed by atoms with Crippen molar-refractivity contribution < 1.29 is 4.79 Å². The first-order chi connectivity index (χ1) is 9.72. The van der Waals surface area contributed by atoms with E-state index in [2.05, 4.69) is 21.4 Å². The van der Waals surface area contributed by atoms with Crippen LogP contribution < -0.4 is 5.32 Å². The lowest BCUT2D eigenvalue weighted by molar-refractivity contribution is -0.118. The molecule has 1 heterocycles. The molecule has 6 heteroatoms. The third-order valence-electron chi connectivity index (χ3n) is 2.61. The Balaban J connectivity index is 2.08. The zero-order valence-electron chi connectivity index (χ0n) is 11.0. The van der Waals surface area contributed by atoms with Crippen LogP contribution in [0.1, 0.15) is 5.56 Å². The molecule has 2 rings (SSSR count). The lowest BCUT2D eigenvalue weighted by atomic mass is 10.2. The molecule has 0 aliphatic heterocycles. The van der Waals surface area contributed by atoms with Gasteiger partial charge in [0.15, 0.2) is 5.16 Å². The van der Waals surface area contributed by atoms with Gasteiger partial charge in [0.2, 0.25) is 5.91 Å². The van der Waals surface area contributed by atoms with Gasteiger partial charge in [-0.15, -0.1) is 16.6 Å². The fraction of sp³-hybridized carbons (Fsp3) is 0.214. The maximum absolute atomic E-state index is 11.5. The minimum absolute atomic E-state index is 0.118. The Morgan fingerprint density at radius 2 is 2.30 bits per heavy atom. The molecule has 0 spiro atoms. The summed E-state index contributed by atoms with van der Waals surface area (Å²) in [4.78, 5) is 11.5. The molecule has 0 saturated heterocycles. The van der Waals surface area contributed by atoms with Crippen molar-refractivity contribution in [3.05, 3.63) is 36.2 Å². The van der Waals surface area contributed by atoms with E-state index >= 15 is 0 Å². The second kappa shape index (κ2) is 6.78. The van der Waals surface area contributed by atoms with E-state index in [-0.39, 0.29) is 18.2 Å². The van der Waals surface area contributed by atoms with Gasteiger partial charge in [0.05, 0.1) is 18.0 Å². The van der Waals surface area contributed by atoms with E-state index in [1.807, 2.05) is 35.8 Å². The lowest BCUT2D eigenvalue weighted by Gasteiger charge is -2.08. The highest BCUT2D eigenvalue weighted by atomic mass is 32.2. The van der Waals surface area contributed by atoms with Gasteiger partial charge in [-0.2, -0.15) is 0 Å². The maximum atomic E-state index is 11.5. The van der Waals surface area contributed by atoms with Crippen LogP contribution in [0.25, 0.3) is 5.69 Å². The summed E-state index contributed by atoms with van der Waals surface area (Å²) in [6.07, 6.45) is 6.73. The fourth-order valence-corrected chi connectivity index (χ4v) is 2.40. The fourth-order valence-electron chi connectivity index (χ4n) is 1.65. The zero-order chi connectivity index (χ0) is 14.4. The molecule has 20 heavy (non-hydrogen) atoms. The van der Waals surface area contributed by atoms with E-state index in [0.717, 1.165) is 11.3 Å². The first kappa shape index (κ1) is 14.2. The van der Waals surface area contributed by atoms with Crippen molar-refractivity contribution in [2.24, 2.45) is 0 Å². The van der Waals surface area contributed by atoms with Crippen LogP contribution in [0.4, 0.5) is 0 Å². The van der Waals surface area contributed by atoms with Gasteiger partial charge in [0.1, 0.15) is 6.33 Å². The van der Waals surface area contributed by atoms with Gasteiger partial charge in [-0.1, -0.05) is 35.9 Å². The standard InChI is InChI=1S/C14H14N4OS/c1-3-8-15-13(19)9-20-14-17-16-10-18(14)12-7-5-4-6-11(12)2/h1,4-7,10H,8-9H2,2H3,(H,15,19). The number of nitrogens with zero attached hydrogens (tertiary/aromatic N) is 3. The highest BCUT2D eigenvalue weighted by molar-refractivity contribution is 7.99. The van der Waals surface area contributed by atoms with Gasteiger partial charge < -0.3 is 5.32 Å². The van der Waals surface area contributed by atoms with Gasteiger partial charge in [0, 0.05) is 0 Å². The molecule has 1 N–H and O–H groups in total. The third-order valence-corrected chi connectivity index (χ3v) is 3.55. The number of hydrogen-bond donors (Lipinski definition) is 1. The average Bonchev–Trinajstić information content (AvgIpc) is 2.91. The Morgan fingerprint density at radius 3 is 3.05 bits per heavy atom. The van der Waals surface area contributed by atoms with E-state index in [1.165, 1.54) is 11.8 Å². The molecule has 1 aromatic carbocycles. The van der Waals surface area contributed by atoms with Gasteiger partial charge >= 0.3 is 0 Å². The quantitative estimate of drug-likeness (QED) is 0.667. The molecule has 0 atom stereocenters. The number of terminal acetylenes is 1. The summed E-state index contributed by atoms with van der Waals surface area (Å²) in [5.74, 6) is 2.50. The van der Waals surface area contributed by atoms with Crippen molar-refractivity contribution in [2.75, 3.05) is 12.3 Å². The van der Waals surface area contributed by atoms with Crippen molar-refractivity contribution in [1.29, 1.82) is 0 Å². The van der Waals surface area contributed by atoms with Crippen molar-refractivity contribution in [3.63, 3.8) is 0 Å². The molecule has 0 saturated carbocycles. The monoisotopic (exact) mass is 286 g/mol. The van der Waals surface area contributed by atoms with Crippen molar-refractivity contribution in [2.45, 2.75) is 12.1 Å². The summed E-state index contributed by atoms with van der Waals surface area (Å²) in [7, 11) is 0. The lowest BCUT2D eigenvalue weighted by Crippen LogP contribution is -2.25. The van der Waals surface area contributed by atoms with E-state index in [0.29, 0.717) is 5.16 Å². The Kier molecular flexibility index (Phi) is 4.80. The molecule has 1 aromatic heterocycles. The number of hydrogen-bond acceptors (Lipinski definition) is 4. The van der Waals surface area contributed by atoms with Crippen LogP contribution in [0, 0.1) is 19.3 Å². The summed E-state index contributed by atoms with van der Waals surface area (Å²) >= 11 is 1.32. The average molecular weight is 286 g/mol. The van der Waals surface area contributed by atoms with Crippen LogP contribution in [0.5, 0.6) is 0 Å². The predicted molar refractivity (Wildman–Crippen MR) is 78.7 cm³/mol. The molecule has 0 fully saturated rings. The van der Waals surface area contributed by atoms with E-state index in [1.54, 1.807) is 6.33 Å². The number of para-hydroxylation sites is 1. The molecule has 102 valence electrons. The number of benzene rings is 1. The SMILES string of the molecule is C#CCNC(=O)CSc1nncn1-c1ccccc1C. The van der Waals surface area contributed by atoms with E-state index in [9.17, 15) is 4.79 Å². The van der Waals surface area contributed by atoms with Gasteiger partial charge in [-0.3, -0.25) is 9.36 Å². The predicted octanol–water partition coefficient (Wildman–Crippen LogP) is 1.42. The van der Waals surface area contributed by atoms with Crippen LogP contribution in [-0.4, -0.2) is 33.0 Å². The summed E-state index contributed by atoms with van der Waals surface area (Å²) in [6.45, 7) is 2.26. The zero-order valence-corrected chi connectivity index (χ0v) is 11.9. The maximum Gasteiger partial charge on any atom is 0.231 e. The molecule has 0 unspecified atom stereocenters. The third kappa shape index (κ3) is 3.39. The Morgan fingerprint density at radius 1 is 1.50 bits per heavy atom. The van der Waals surface area contributed by atoms with Crippen molar-refractivity contribution in [3.8, 4) is 18.0 Å². The Hall–Kier alpha value is -2.26. The van der Waals surface area contributed by atoms with E-state index in [4.69, 9.17) is 6.42 Å². The second-order valence-electron chi connectivity index (χ2n) is 4.04. The molecule has 0 aliphatic carbocycles. The summed E-state index contributed by atoms with van der Waals surface area (Å²) < 4.78 is 1.87. The molecule has 0 aliphatic rings. The first-order valence-corrected chi connectivity index (χ1v) is 7.00. The summed E-state index contributed by atoms with van der Waals surface area (Å²) in [5.41, 5.74) is 2.12. The summed E-state index contributed by atoms with van der Waals surface area (Å²) in [5, 5.41) is 11.2.